The number of phosphoric ester groups is 2. The molecule has 3 N–H and O–H groups in total. The number of rotatable bonds is 87. The first-order valence-corrected chi connectivity index (χ1v) is 48.8. The van der Waals surface area contributed by atoms with Gasteiger partial charge in [-0.25, -0.2) is 9.13 Å². The Morgan fingerprint density at radius 1 is 0.250 bits per heavy atom. The molecule has 0 spiro atoms. The zero-order valence-electron chi connectivity index (χ0n) is 71.3. The van der Waals surface area contributed by atoms with Crippen LogP contribution in [-0.4, -0.2) is 96.7 Å². The van der Waals surface area contributed by atoms with Gasteiger partial charge in [-0.3, -0.25) is 37.3 Å². The number of hydrogen-bond donors (Lipinski definition) is 3. The maximum absolute atomic E-state index is 13.2. The quantitative estimate of drug-likeness (QED) is 0.0222. The highest BCUT2D eigenvalue weighted by molar-refractivity contribution is 7.47. The standard InChI is InChI=1S/C89H174O17P2/c1-8-9-10-11-12-13-14-15-16-17-18-19-20-21-29-34-39-44-49-58-65-72-88(93)105-84(76-99-86(91)70-63-56-48-43-38-33-28-24-22-26-31-36-41-46-53-60-67-80(2)3)78-103-107(95,96)101-74-83(90)75-102-108(97,98)104-79-85(77-100-87(92)71-64-57-52-51-55-62-69-82(6)7)106-89(94)73-66-59-50-45-40-35-30-25-23-27-32-37-42-47-54-61-68-81(4)5/h80-85,90H,8-79H2,1-7H3,(H,95,96)(H,97,98)/t83-,84-,85-/m1/s1. The highest BCUT2D eigenvalue weighted by atomic mass is 31.2. The Labute approximate surface area is 664 Å². The third-order valence-corrected chi connectivity index (χ3v) is 22.8. The van der Waals surface area contributed by atoms with Crippen molar-refractivity contribution in [3.8, 4) is 0 Å². The number of unbranched alkanes of at least 4 members (excludes halogenated alkanes) is 55. The molecule has 0 aliphatic carbocycles. The van der Waals surface area contributed by atoms with Gasteiger partial charge in [0.05, 0.1) is 26.4 Å². The molecule has 0 bridgehead atoms. The number of aliphatic hydroxyl groups excluding tert-OH is 1. The van der Waals surface area contributed by atoms with Crippen LogP contribution in [-0.2, 0) is 65.4 Å². The van der Waals surface area contributed by atoms with Crippen LogP contribution in [0, 0.1) is 17.8 Å². The van der Waals surface area contributed by atoms with Crippen LogP contribution in [0.2, 0.25) is 0 Å². The summed E-state index contributed by atoms with van der Waals surface area (Å²) in [7, 11) is -9.93. The maximum Gasteiger partial charge on any atom is 0.472 e. The number of carbonyl (C=O) groups is 4. The van der Waals surface area contributed by atoms with Crippen LogP contribution in [0.25, 0.3) is 0 Å². The summed E-state index contributed by atoms with van der Waals surface area (Å²) in [6.45, 7) is 12.0. The van der Waals surface area contributed by atoms with Gasteiger partial charge in [0, 0.05) is 25.7 Å². The van der Waals surface area contributed by atoms with E-state index >= 15 is 0 Å². The fourth-order valence-electron chi connectivity index (χ4n) is 13.9. The molecule has 0 amide bonds. The van der Waals surface area contributed by atoms with Crippen molar-refractivity contribution in [2.24, 2.45) is 17.8 Å². The van der Waals surface area contributed by atoms with E-state index in [0.717, 1.165) is 108 Å². The molecule has 0 heterocycles. The molecular weight excluding hydrogens is 1400 g/mol. The third-order valence-electron chi connectivity index (χ3n) is 20.9. The van der Waals surface area contributed by atoms with Crippen molar-refractivity contribution in [3.63, 3.8) is 0 Å². The molecule has 0 saturated heterocycles. The van der Waals surface area contributed by atoms with Gasteiger partial charge in [-0.2, -0.15) is 0 Å². The summed E-state index contributed by atoms with van der Waals surface area (Å²) < 4.78 is 68.9. The Bertz CT molecular complexity index is 2080. The van der Waals surface area contributed by atoms with Crippen LogP contribution in [0.1, 0.15) is 472 Å². The highest BCUT2D eigenvalue weighted by Gasteiger charge is 2.31. The SMILES string of the molecule is CCCCCCCCCCCCCCCCCCCCCCCC(=O)O[C@H](COC(=O)CCCCCCCCCCCCCCCCCCC(C)C)COP(=O)(O)OC[C@@H](O)COP(=O)(O)OC[C@@H](COC(=O)CCCCCCCCC(C)C)OC(=O)CCCCCCCCCCCCCCCCCCC(C)C. The molecule has 0 aliphatic rings. The number of carbonyl (C=O) groups excluding carboxylic acids is 4. The van der Waals surface area contributed by atoms with Crippen molar-refractivity contribution in [3.05, 3.63) is 0 Å². The average Bonchev–Trinajstić information content (AvgIpc) is 0.896. The fraction of sp³-hybridized carbons (Fsp3) is 0.955. The van der Waals surface area contributed by atoms with Crippen molar-refractivity contribution in [1.82, 2.24) is 0 Å². The first-order valence-electron chi connectivity index (χ1n) is 45.8. The molecule has 108 heavy (non-hydrogen) atoms. The van der Waals surface area contributed by atoms with Crippen LogP contribution in [0.5, 0.6) is 0 Å². The van der Waals surface area contributed by atoms with E-state index in [4.69, 9.17) is 37.0 Å². The highest BCUT2D eigenvalue weighted by Crippen LogP contribution is 2.45. The lowest BCUT2D eigenvalue weighted by Crippen LogP contribution is -2.30. The van der Waals surface area contributed by atoms with E-state index in [1.54, 1.807) is 0 Å². The molecule has 5 atom stereocenters. The first-order chi connectivity index (χ1) is 52.2. The Balaban J connectivity index is 5.20. The lowest BCUT2D eigenvalue weighted by atomic mass is 10.0. The second kappa shape index (κ2) is 78.9. The Morgan fingerprint density at radius 2 is 0.426 bits per heavy atom. The predicted octanol–water partition coefficient (Wildman–Crippen LogP) is 27.3. The van der Waals surface area contributed by atoms with Crippen LogP contribution in [0.3, 0.4) is 0 Å². The van der Waals surface area contributed by atoms with Crippen molar-refractivity contribution < 1.29 is 80.2 Å². The minimum Gasteiger partial charge on any atom is -0.462 e. The lowest BCUT2D eigenvalue weighted by Gasteiger charge is -2.21. The zero-order valence-corrected chi connectivity index (χ0v) is 73.1. The Hall–Kier alpha value is -1.94. The van der Waals surface area contributed by atoms with Gasteiger partial charge in [-0.05, 0) is 43.4 Å². The summed E-state index contributed by atoms with van der Waals surface area (Å²) in [6.07, 6.45) is 71.1. The summed E-state index contributed by atoms with van der Waals surface area (Å²) in [6, 6.07) is 0. The van der Waals surface area contributed by atoms with Crippen LogP contribution in [0.4, 0.5) is 0 Å². The van der Waals surface area contributed by atoms with Gasteiger partial charge in [0.1, 0.15) is 19.3 Å². The van der Waals surface area contributed by atoms with Crippen molar-refractivity contribution in [1.29, 1.82) is 0 Å². The molecular formula is C89H174O17P2. The van der Waals surface area contributed by atoms with Gasteiger partial charge in [0.15, 0.2) is 12.2 Å². The molecule has 0 radical (unpaired) electrons. The number of esters is 4. The number of phosphoric acid groups is 2. The molecule has 0 aliphatic heterocycles. The van der Waals surface area contributed by atoms with E-state index in [2.05, 4.69) is 48.5 Å². The maximum atomic E-state index is 13.2. The zero-order chi connectivity index (χ0) is 79.3. The molecule has 17 nitrogen and oxygen atoms in total. The summed E-state index contributed by atoms with van der Waals surface area (Å²) in [5.74, 6) is 0.197. The van der Waals surface area contributed by atoms with Crippen molar-refractivity contribution >= 4 is 39.5 Å². The summed E-state index contributed by atoms with van der Waals surface area (Å²) in [4.78, 5) is 73.3. The Kier molecular flexibility index (Phi) is 77.5. The average molecular weight is 1580 g/mol. The molecule has 0 fully saturated rings. The van der Waals surface area contributed by atoms with E-state index in [-0.39, 0.29) is 25.7 Å². The van der Waals surface area contributed by atoms with Crippen LogP contribution >= 0.6 is 15.6 Å². The molecule has 0 aromatic rings. The summed E-state index contributed by atoms with van der Waals surface area (Å²) in [5.41, 5.74) is 0. The molecule has 642 valence electrons. The summed E-state index contributed by atoms with van der Waals surface area (Å²) >= 11 is 0. The molecule has 19 heteroatoms. The predicted molar refractivity (Wildman–Crippen MR) is 446 cm³/mol. The smallest absolute Gasteiger partial charge is 0.462 e. The van der Waals surface area contributed by atoms with Gasteiger partial charge in [-0.1, -0.05) is 421 Å². The Morgan fingerprint density at radius 3 is 0.630 bits per heavy atom. The van der Waals surface area contributed by atoms with Gasteiger partial charge in [-0.15, -0.1) is 0 Å². The molecule has 0 aromatic carbocycles. The molecule has 0 aromatic heterocycles. The van der Waals surface area contributed by atoms with Gasteiger partial charge in [0.25, 0.3) is 0 Å². The normalized spacial score (nSPS) is 13.8. The number of ether oxygens (including phenoxy) is 4. The molecule has 0 rings (SSSR count). The molecule has 0 saturated carbocycles. The van der Waals surface area contributed by atoms with Crippen LogP contribution < -0.4 is 0 Å². The van der Waals surface area contributed by atoms with Gasteiger partial charge in [0.2, 0.25) is 0 Å². The summed E-state index contributed by atoms with van der Waals surface area (Å²) in [5, 5.41) is 10.7. The third kappa shape index (κ3) is 82.1. The molecule has 2 unspecified atom stereocenters. The van der Waals surface area contributed by atoms with E-state index in [1.807, 2.05) is 0 Å². The number of aliphatic hydroxyl groups is 1. The topological polar surface area (TPSA) is 237 Å². The first kappa shape index (κ1) is 106. The van der Waals surface area contributed by atoms with Crippen molar-refractivity contribution in [2.45, 2.75) is 491 Å². The van der Waals surface area contributed by atoms with Gasteiger partial charge >= 0.3 is 39.5 Å². The number of hydrogen-bond acceptors (Lipinski definition) is 15. The lowest BCUT2D eigenvalue weighted by molar-refractivity contribution is -0.161. The largest absolute Gasteiger partial charge is 0.472 e. The van der Waals surface area contributed by atoms with Gasteiger partial charge < -0.3 is 33.8 Å². The second-order valence-corrected chi connectivity index (χ2v) is 36.3. The van der Waals surface area contributed by atoms with Crippen LogP contribution in [0.15, 0.2) is 0 Å². The minimum atomic E-state index is -4.97. The second-order valence-electron chi connectivity index (χ2n) is 33.4. The fourth-order valence-corrected chi connectivity index (χ4v) is 15.5. The van der Waals surface area contributed by atoms with Crippen molar-refractivity contribution in [2.75, 3.05) is 39.6 Å². The monoisotopic (exact) mass is 1580 g/mol. The van der Waals surface area contributed by atoms with E-state index in [9.17, 15) is 43.2 Å². The minimum absolute atomic E-state index is 0.107. The van der Waals surface area contributed by atoms with E-state index in [1.165, 1.54) is 276 Å². The van der Waals surface area contributed by atoms with E-state index < -0.39 is 97.5 Å². The van der Waals surface area contributed by atoms with E-state index in [0.29, 0.717) is 31.6 Å².